The second kappa shape index (κ2) is 4.04. The number of hydrogen-bond donors (Lipinski definition) is 1. The molecule has 0 bridgehead atoms. The Morgan fingerprint density at radius 2 is 2.18 bits per heavy atom. The minimum absolute atomic E-state index is 0.154. The molecular formula is C11H13N3O3. The standard InChI is InChI=1S/C11H13N3O3/c1-11(2,3)17-10(15)9-8(12-14-13-9)7-4-5-16-6-7/h4-6H,1-3H3,(H,12,13,14). The maximum absolute atomic E-state index is 11.9. The monoisotopic (exact) mass is 235 g/mol. The zero-order valence-electron chi connectivity index (χ0n) is 9.85. The van der Waals surface area contributed by atoms with Crippen LogP contribution in [0.2, 0.25) is 0 Å². The summed E-state index contributed by atoms with van der Waals surface area (Å²) >= 11 is 0. The van der Waals surface area contributed by atoms with E-state index in [4.69, 9.17) is 9.15 Å². The number of nitrogens with zero attached hydrogens (tertiary/aromatic N) is 2. The van der Waals surface area contributed by atoms with Crippen LogP contribution in [0.3, 0.4) is 0 Å². The summed E-state index contributed by atoms with van der Waals surface area (Å²) in [5, 5.41) is 10.1. The van der Waals surface area contributed by atoms with Gasteiger partial charge in [-0.3, -0.25) is 0 Å². The number of aromatic nitrogens is 3. The Kier molecular flexibility index (Phi) is 2.71. The fourth-order valence-corrected chi connectivity index (χ4v) is 1.30. The number of H-pyrrole nitrogens is 1. The van der Waals surface area contributed by atoms with Gasteiger partial charge in [-0.1, -0.05) is 0 Å². The fraction of sp³-hybridized carbons (Fsp3) is 0.364. The normalized spacial score (nSPS) is 11.5. The molecule has 0 atom stereocenters. The molecule has 2 rings (SSSR count). The first-order valence-electron chi connectivity index (χ1n) is 5.14. The molecule has 0 spiro atoms. The lowest BCUT2D eigenvalue weighted by Crippen LogP contribution is -2.24. The van der Waals surface area contributed by atoms with Crippen LogP contribution in [-0.4, -0.2) is 27.0 Å². The number of esters is 1. The van der Waals surface area contributed by atoms with Crippen molar-refractivity contribution in [2.75, 3.05) is 0 Å². The molecule has 0 saturated carbocycles. The van der Waals surface area contributed by atoms with Gasteiger partial charge in [-0.25, -0.2) is 4.79 Å². The van der Waals surface area contributed by atoms with Crippen LogP contribution < -0.4 is 0 Å². The van der Waals surface area contributed by atoms with Gasteiger partial charge in [-0.15, -0.1) is 5.10 Å². The fourth-order valence-electron chi connectivity index (χ4n) is 1.30. The Bertz CT molecular complexity index is 508. The van der Waals surface area contributed by atoms with Crippen LogP contribution in [-0.2, 0) is 4.74 Å². The van der Waals surface area contributed by atoms with Crippen molar-refractivity contribution >= 4 is 5.97 Å². The summed E-state index contributed by atoms with van der Waals surface area (Å²) in [5.74, 6) is -0.512. The molecule has 0 fully saturated rings. The number of aromatic amines is 1. The summed E-state index contributed by atoms with van der Waals surface area (Å²) in [4.78, 5) is 11.9. The molecule has 0 amide bonds. The molecule has 0 aliphatic carbocycles. The third-order valence-corrected chi connectivity index (χ3v) is 1.93. The van der Waals surface area contributed by atoms with E-state index in [2.05, 4.69) is 15.4 Å². The van der Waals surface area contributed by atoms with Crippen LogP contribution in [0.1, 0.15) is 31.3 Å². The van der Waals surface area contributed by atoms with Crippen LogP contribution in [0.15, 0.2) is 23.0 Å². The number of nitrogens with one attached hydrogen (secondary N) is 1. The molecule has 6 nitrogen and oxygen atoms in total. The maximum atomic E-state index is 11.9. The first-order chi connectivity index (χ1) is 7.97. The Hall–Kier alpha value is -2.11. The highest BCUT2D eigenvalue weighted by atomic mass is 16.6. The number of carbonyl (C=O) groups excluding carboxylic acids is 1. The minimum Gasteiger partial charge on any atom is -0.472 e. The lowest BCUT2D eigenvalue weighted by molar-refractivity contribution is 0.00637. The van der Waals surface area contributed by atoms with Crippen molar-refractivity contribution in [3.63, 3.8) is 0 Å². The summed E-state index contributed by atoms with van der Waals surface area (Å²) in [6.07, 6.45) is 2.99. The predicted molar refractivity (Wildman–Crippen MR) is 59.3 cm³/mol. The third-order valence-electron chi connectivity index (χ3n) is 1.93. The van der Waals surface area contributed by atoms with Crippen molar-refractivity contribution in [2.24, 2.45) is 0 Å². The van der Waals surface area contributed by atoms with Gasteiger partial charge in [0.05, 0.1) is 12.5 Å². The third kappa shape index (κ3) is 2.52. The van der Waals surface area contributed by atoms with Crippen molar-refractivity contribution in [2.45, 2.75) is 26.4 Å². The average Bonchev–Trinajstić information content (AvgIpc) is 2.85. The van der Waals surface area contributed by atoms with E-state index in [1.54, 1.807) is 26.8 Å². The zero-order valence-corrected chi connectivity index (χ0v) is 9.85. The van der Waals surface area contributed by atoms with Gasteiger partial charge in [-0.2, -0.15) is 10.3 Å². The molecular weight excluding hydrogens is 222 g/mol. The summed E-state index contributed by atoms with van der Waals surface area (Å²) in [6, 6.07) is 1.70. The second-order valence-corrected chi connectivity index (χ2v) is 4.53. The van der Waals surface area contributed by atoms with E-state index >= 15 is 0 Å². The molecule has 0 aliphatic rings. The number of rotatable bonds is 2. The van der Waals surface area contributed by atoms with Gasteiger partial charge in [0, 0.05) is 5.56 Å². The van der Waals surface area contributed by atoms with Gasteiger partial charge in [0.1, 0.15) is 11.3 Å². The molecule has 17 heavy (non-hydrogen) atoms. The Labute approximate surface area is 98.0 Å². The van der Waals surface area contributed by atoms with E-state index < -0.39 is 11.6 Å². The van der Waals surface area contributed by atoms with E-state index in [1.165, 1.54) is 12.5 Å². The van der Waals surface area contributed by atoms with E-state index in [0.717, 1.165) is 0 Å². The van der Waals surface area contributed by atoms with E-state index in [1.807, 2.05) is 0 Å². The molecule has 6 heteroatoms. The second-order valence-electron chi connectivity index (χ2n) is 4.53. The molecule has 90 valence electrons. The van der Waals surface area contributed by atoms with Crippen molar-refractivity contribution < 1.29 is 13.9 Å². The van der Waals surface area contributed by atoms with Crippen LogP contribution >= 0.6 is 0 Å². The molecule has 0 aromatic carbocycles. The van der Waals surface area contributed by atoms with Crippen molar-refractivity contribution in [3.05, 3.63) is 24.3 Å². The first-order valence-corrected chi connectivity index (χ1v) is 5.14. The highest BCUT2D eigenvalue weighted by Crippen LogP contribution is 2.21. The lowest BCUT2D eigenvalue weighted by atomic mass is 10.1. The Morgan fingerprint density at radius 1 is 1.41 bits per heavy atom. The summed E-state index contributed by atoms with van der Waals surface area (Å²) in [5.41, 5.74) is 0.692. The van der Waals surface area contributed by atoms with E-state index in [-0.39, 0.29) is 5.69 Å². The molecule has 0 saturated heterocycles. The highest BCUT2D eigenvalue weighted by molar-refractivity contribution is 5.93. The van der Waals surface area contributed by atoms with Gasteiger partial charge < -0.3 is 9.15 Å². The van der Waals surface area contributed by atoms with Crippen LogP contribution in [0, 0.1) is 0 Å². The smallest absolute Gasteiger partial charge is 0.361 e. The Balaban J connectivity index is 2.29. The number of carbonyl (C=O) groups is 1. The largest absolute Gasteiger partial charge is 0.472 e. The molecule has 2 heterocycles. The average molecular weight is 235 g/mol. The zero-order chi connectivity index (χ0) is 12.5. The molecule has 0 radical (unpaired) electrons. The van der Waals surface area contributed by atoms with Crippen molar-refractivity contribution in [1.29, 1.82) is 0 Å². The summed E-state index contributed by atoms with van der Waals surface area (Å²) in [6.45, 7) is 5.38. The van der Waals surface area contributed by atoms with Crippen LogP contribution in [0.4, 0.5) is 0 Å². The van der Waals surface area contributed by atoms with Gasteiger partial charge >= 0.3 is 5.97 Å². The van der Waals surface area contributed by atoms with Gasteiger partial charge in [-0.05, 0) is 26.8 Å². The SMILES string of the molecule is CC(C)(C)OC(=O)c1n[nH]nc1-c1ccoc1. The maximum Gasteiger partial charge on any atom is 0.361 e. The van der Waals surface area contributed by atoms with E-state index in [9.17, 15) is 4.79 Å². The lowest BCUT2D eigenvalue weighted by Gasteiger charge is -2.18. The van der Waals surface area contributed by atoms with Gasteiger partial charge in [0.25, 0.3) is 0 Å². The molecule has 0 unspecified atom stereocenters. The van der Waals surface area contributed by atoms with Crippen molar-refractivity contribution in [1.82, 2.24) is 15.4 Å². The van der Waals surface area contributed by atoms with Crippen LogP contribution in [0.25, 0.3) is 11.3 Å². The first kappa shape index (κ1) is 11.4. The number of ether oxygens (including phenoxy) is 1. The number of hydrogen-bond acceptors (Lipinski definition) is 5. The van der Waals surface area contributed by atoms with E-state index in [0.29, 0.717) is 11.3 Å². The molecule has 0 aliphatic heterocycles. The highest BCUT2D eigenvalue weighted by Gasteiger charge is 2.24. The number of furan rings is 1. The molecule has 2 aromatic rings. The van der Waals surface area contributed by atoms with Gasteiger partial charge in [0.2, 0.25) is 0 Å². The quantitative estimate of drug-likeness (QED) is 0.805. The Morgan fingerprint density at radius 3 is 2.76 bits per heavy atom. The van der Waals surface area contributed by atoms with Gasteiger partial charge in [0.15, 0.2) is 5.69 Å². The van der Waals surface area contributed by atoms with Crippen molar-refractivity contribution in [3.8, 4) is 11.3 Å². The molecule has 1 N–H and O–H groups in total. The van der Waals surface area contributed by atoms with Crippen LogP contribution in [0.5, 0.6) is 0 Å². The predicted octanol–water partition coefficient (Wildman–Crippen LogP) is 2.02. The topological polar surface area (TPSA) is 81.0 Å². The minimum atomic E-state index is -0.566. The molecule has 2 aromatic heterocycles. The summed E-state index contributed by atoms with van der Waals surface area (Å²) < 4.78 is 10.2. The summed E-state index contributed by atoms with van der Waals surface area (Å²) in [7, 11) is 0.